The van der Waals surface area contributed by atoms with Crippen LogP contribution in [0, 0.1) is 5.92 Å². The van der Waals surface area contributed by atoms with Crippen molar-refractivity contribution in [1.29, 1.82) is 0 Å². The average Bonchev–Trinajstić information content (AvgIpc) is 3.25. The molecule has 3 atom stereocenters. The highest BCUT2D eigenvalue weighted by molar-refractivity contribution is 6.04. The molecule has 0 radical (unpaired) electrons. The van der Waals surface area contributed by atoms with Gasteiger partial charge in [0.05, 0.1) is 44.2 Å². The normalized spacial score (nSPS) is 14.0. The van der Waals surface area contributed by atoms with Gasteiger partial charge in [-0.25, -0.2) is 9.59 Å². The van der Waals surface area contributed by atoms with Gasteiger partial charge in [0.2, 0.25) is 11.8 Å². The summed E-state index contributed by atoms with van der Waals surface area (Å²) in [4.78, 5) is 78.8. The first-order valence-electron chi connectivity index (χ1n) is 20.0. The molecule has 3 unspecified atom stereocenters. The molecule has 0 aliphatic carbocycles. The van der Waals surface area contributed by atoms with Crippen LogP contribution >= 0.6 is 0 Å². The van der Waals surface area contributed by atoms with Gasteiger partial charge in [0.1, 0.15) is 25.3 Å². The number of carbonyl (C=O) groups excluding carboxylic acids is 6. The van der Waals surface area contributed by atoms with Crippen LogP contribution in [0.15, 0.2) is 73.3 Å². The highest BCUT2D eigenvalue weighted by Crippen LogP contribution is 2.36. The highest BCUT2D eigenvalue weighted by atomic mass is 16.6. The lowest BCUT2D eigenvalue weighted by atomic mass is 9.93. The Hall–Kier alpha value is -6.62. The Kier molecular flexibility index (Phi) is 17.9. The van der Waals surface area contributed by atoms with E-state index in [1.807, 2.05) is 24.3 Å². The van der Waals surface area contributed by atoms with E-state index in [4.69, 9.17) is 23.7 Å². The fraction of sp³-hybridized carbons (Fsp3) is 0.409. The molecule has 328 valence electrons. The average molecular weight is 846 g/mol. The van der Waals surface area contributed by atoms with Crippen LogP contribution in [0.2, 0.25) is 0 Å². The number of aliphatic hydroxyl groups excluding tert-OH is 1. The number of esters is 1. The van der Waals surface area contributed by atoms with E-state index in [2.05, 4.69) is 27.8 Å². The largest absolute Gasteiger partial charge is 0.493 e. The molecule has 61 heavy (non-hydrogen) atoms. The van der Waals surface area contributed by atoms with Gasteiger partial charge in [-0.15, -0.1) is 0 Å². The zero-order chi connectivity index (χ0) is 44.5. The number of methoxy groups -OCH3 is 1. The number of rotatable bonds is 20. The van der Waals surface area contributed by atoms with E-state index in [1.54, 1.807) is 49.9 Å². The van der Waals surface area contributed by atoms with Crippen LogP contribution in [-0.2, 0) is 48.2 Å². The monoisotopic (exact) mass is 845 g/mol. The van der Waals surface area contributed by atoms with Crippen molar-refractivity contribution in [2.45, 2.75) is 78.2 Å². The second-order valence-electron chi connectivity index (χ2n) is 14.4. The maximum Gasteiger partial charge on any atom is 0.411 e. The molecule has 1 heterocycles. The summed E-state index contributed by atoms with van der Waals surface area (Å²) in [5.74, 6) is -1.80. The Labute approximate surface area is 355 Å². The number of fused-ring (bicyclic) bond motifs is 1. The molecule has 3 aromatic carbocycles. The summed E-state index contributed by atoms with van der Waals surface area (Å²) in [5, 5.41) is 20.8. The van der Waals surface area contributed by atoms with Crippen LogP contribution in [0.25, 0.3) is 0 Å². The second-order valence-corrected chi connectivity index (χ2v) is 14.4. The van der Waals surface area contributed by atoms with Crippen molar-refractivity contribution in [3.05, 3.63) is 95.6 Å². The quantitative estimate of drug-likeness (QED) is 0.0434. The Balaban J connectivity index is 1.43. The van der Waals surface area contributed by atoms with Gasteiger partial charge in [0.15, 0.2) is 11.5 Å². The number of alkyl carbamates (subject to hydrolysis) is 1. The number of hydrogen-bond donors (Lipinski definition) is 5. The lowest BCUT2D eigenvalue weighted by Gasteiger charge is -2.36. The molecular formula is C44H55N5O12. The number of anilines is 2. The molecule has 5 amide bonds. The topological polar surface area (TPSA) is 220 Å². The van der Waals surface area contributed by atoms with Gasteiger partial charge in [-0.2, -0.15) is 0 Å². The van der Waals surface area contributed by atoms with Crippen molar-refractivity contribution in [1.82, 2.24) is 15.5 Å². The van der Waals surface area contributed by atoms with Gasteiger partial charge in [-0.05, 0) is 67.5 Å². The summed E-state index contributed by atoms with van der Waals surface area (Å²) in [7, 11) is 1.41. The van der Waals surface area contributed by atoms with E-state index in [-0.39, 0.29) is 80.6 Å². The number of amides is 5. The van der Waals surface area contributed by atoms with Gasteiger partial charge in [-0.3, -0.25) is 24.5 Å². The van der Waals surface area contributed by atoms with E-state index in [0.717, 1.165) is 11.1 Å². The molecule has 17 heteroatoms. The van der Waals surface area contributed by atoms with Crippen molar-refractivity contribution in [3.63, 3.8) is 0 Å². The maximum atomic E-state index is 14.3. The number of ether oxygens (including phenoxy) is 5. The number of nitrogens with zero attached hydrogens (tertiary/aromatic N) is 1. The lowest BCUT2D eigenvalue weighted by molar-refractivity contribution is -0.143. The van der Waals surface area contributed by atoms with E-state index in [0.29, 0.717) is 24.1 Å². The molecular weight excluding hydrogens is 791 g/mol. The van der Waals surface area contributed by atoms with Gasteiger partial charge >= 0.3 is 18.2 Å². The summed E-state index contributed by atoms with van der Waals surface area (Å²) >= 11 is 0. The summed E-state index contributed by atoms with van der Waals surface area (Å²) in [6.07, 6.45) is 0.622. The zero-order valence-corrected chi connectivity index (χ0v) is 35.1. The minimum absolute atomic E-state index is 0.0241. The van der Waals surface area contributed by atoms with E-state index >= 15 is 0 Å². The maximum absolute atomic E-state index is 14.3. The third-order valence-corrected chi connectivity index (χ3v) is 9.58. The van der Waals surface area contributed by atoms with Crippen LogP contribution in [0.1, 0.15) is 67.6 Å². The first kappa shape index (κ1) is 47.1. The molecule has 17 nitrogen and oxygen atoms in total. The third-order valence-electron chi connectivity index (χ3n) is 9.58. The van der Waals surface area contributed by atoms with Gasteiger partial charge in [-0.1, -0.05) is 62.9 Å². The van der Waals surface area contributed by atoms with Crippen LogP contribution in [0.5, 0.6) is 11.5 Å². The Morgan fingerprint density at radius 1 is 0.885 bits per heavy atom. The van der Waals surface area contributed by atoms with Crippen LogP contribution in [-0.4, -0.2) is 97.5 Å². The number of aliphatic hydroxyl groups is 1. The van der Waals surface area contributed by atoms with Gasteiger partial charge < -0.3 is 49.6 Å². The summed E-state index contributed by atoms with van der Waals surface area (Å²) in [6.45, 7) is 10.3. The van der Waals surface area contributed by atoms with E-state index < -0.39 is 48.0 Å². The molecule has 0 aromatic heterocycles. The molecule has 4 rings (SSSR count). The van der Waals surface area contributed by atoms with Gasteiger partial charge in [0.25, 0.3) is 5.91 Å². The van der Waals surface area contributed by atoms with Crippen LogP contribution in [0.3, 0.4) is 0 Å². The fourth-order valence-corrected chi connectivity index (χ4v) is 6.32. The number of carbonyl (C=O) groups is 6. The summed E-state index contributed by atoms with van der Waals surface area (Å²) < 4.78 is 26.9. The molecule has 0 spiro atoms. The molecule has 3 aromatic rings. The van der Waals surface area contributed by atoms with Crippen molar-refractivity contribution >= 4 is 47.3 Å². The minimum atomic E-state index is -0.961. The van der Waals surface area contributed by atoms with Gasteiger partial charge in [0, 0.05) is 24.7 Å². The molecule has 1 aliphatic heterocycles. The molecule has 0 saturated heterocycles. The Morgan fingerprint density at radius 3 is 2.26 bits per heavy atom. The smallest absolute Gasteiger partial charge is 0.411 e. The lowest BCUT2D eigenvalue weighted by Crippen LogP contribution is -2.53. The fourth-order valence-electron chi connectivity index (χ4n) is 6.32. The van der Waals surface area contributed by atoms with Crippen LogP contribution in [0.4, 0.5) is 21.0 Å². The van der Waals surface area contributed by atoms with E-state index in [9.17, 15) is 33.9 Å². The summed E-state index contributed by atoms with van der Waals surface area (Å²) in [5.41, 5.74) is 3.07. The number of nitrogens with one attached hydrogen (secondary N) is 4. The SMILES string of the molecule is C=CCOC(=O)NC(C(=O)NC(C)C(=O)Nc1ccc(COC(=O)Nc2cc(OCCCC(=O)OCC)c(OC)cc2C(=O)N2Cc3ccccc3CC2CO)cc1)C(C)C. The Bertz CT molecular complexity index is 2020. The van der Waals surface area contributed by atoms with Crippen molar-refractivity contribution in [3.8, 4) is 11.5 Å². The first-order chi connectivity index (χ1) is 29.3. The predicted molar refractivity (Wildman–Crippen MR) is 225 cm³/mol. The Morgan fingerprint density at radius 2 is 1.61 bits per heavy atom. The molecule has 0 fully saturated rings. The number of benzene rings is 3. The van der Waals surface area contributed by atoms with Crippen molar-refractivity contribution in [2.24, 2.45) is 5.92 Å². The zero-order valence-electron chi connectivity index (χ0n) is 35.1. The predicted octanol–water partition coefficient (Wildman–Crippen LogP) is 5.11. The summed E-state index contributed by atoms with van der Waals surface area (Å²) in [6, 6.07) is 14.6. The molecule has 0 saturated carbocycles. The van der Waals surface area contributed by atoms with E-state index in [1.165, 1.54) is 32.2 Å². The standard InChI is InChI=1S/C44H55N5O12/c1-7-19-60-44(56)48-39(27(3)4)41(53)45-28(5)40(52)46-32-17-15-29(16-18-32)26-61-43(55)47-35-23-37(59-20-11-14-38(51)58-8-2)36(57-6)22-34(35)42(54)49-24-31-13-10-9-12-30(31)21-33(49)25-50/h7,9-10,12-13,15-18,22-23,27-28,33,39,50H,1,8,11,14,19-21,24-26H2,2-6H3,(H,45,53)(H,46,52)(H,47,55)(H,48,56). The van der Waals surface area contributed by atoms with Crippen molar-refractivity contribution in [2.75, 3.05) is 44.2 Å². The first-order valence-corrected chi connectivity index (χ1v) is 20.0. The highest BCUT2D eigenvalue weighted by Gasteiger charge is 2.33. The number of hydrogen-bond acceptors (Lipinski definition) is 12. The van der Waals surface area contributed by atoms with Crippen molar-refractivity contribution < 1.29 is 57.6 Å². The van der Waals surface area contributed by atoms with Crippen LogP contribution < -0.4 is 30.7 Å². The minimum Gasteiger partial charge on any atom is -0.493 e. The second kappa shape index (κ2) is 23.2. The molecule has 1 aliphatic rings. The molecule has 5 N–H and O–H groups in total. The third kappa shape index (κ3) is 13.7. The molecule has 0 bridgehead atoms.